The van der Waals surface area contributed by atoms with Gasteiger partial charge in [0.2, 0.25) is 5.91 Å². The normalized spacial score (nSPS) is 19.9. The van der Waals surface area contributed by atoms with Crippen LogP contribution in [0.2, 0.25) is 0 Å². The molecule has 2 aliphatic heterocycles. The number of hydrogen-bond donors (Lipinski definition) is 0. The summed E-state index contributed by atoms with van der Waals surface area (Å²) in [5.74, 6) is 2.74. The number of likely N-dealkylation sites (tertiary alicyclic amines) is 2. The van der Waals surface area contributed by atoms with Crippen molar-refractivity contribution in [3.63, 3.8) is 0 Å². The average molecular weight is 320 g/mol. The second-order valence-electron chi connectivity index (χ2n) is 7.54. The molecule has 0 saturated carbocycles. The van der Waals surface area contributed by atoms with Gasteiger partial charge >= 0.3 is 6.09 Å². The first-order chi connectivity index (χ1) is 10.8. The van der Waals surface area contributed by atoms with Gasteiger partial charge in [0.25, 0.3) is 0 Å². The zero-order valence-corrected chi connectivity index (χ0v) is 14.6. The van der Waals surface area contributed by atoms with Crippen LogP contribution in [0.3, 0.4) is 0 Å². The summed E-state index contributed by atoms with van der Waals surface area (Å²) in [5, 5.41) is 0. The molecule has 0 atom stereocenters. The van der Waals surface area contributed by atoms with Crippen LogP contribution in [0.15, 0.2) is 0 Å². The van der Waals surface area contributed by atoms with Gasteiger partial charge < -0.3 is 14.5 Å². The second kappa shape index (κ2) is 6.82. The fraction of sp³-hybridized carbons (Fsp3) is 0.778. The summed E-state index contributed by atoms with van der Waals surface area (Å²) in [6, 6.07) is 0. The highest BCUT2D eigenvalue weighted by atomic mass is 16.6. The number of rotatable bonds is 3. The largest absolute Gasteiger partial charge is 0.444 e. The second-order valence-corrected chi connectivity index (χ2v) is 7.54. The number of ether oxygens (including phenoxy) is 1. The molecule has 2 fully saturated rings. The number of hydrogen-bond acceptors (Lipinski definition) is 3. The molecule has 5 heteroatoms. The van der Waals surface area contributed by atoms with Crippen LogP contribution in [-0.2, 0) is 9.53 Å². The fourth-order valence-corrected chi connectivity index (χ4v) is 3.33. The van der Waals surface area contributed by atoms with E-state index < -0.39 is 5.60 Å². The predicted octanol–water partition coefficient (Wildman–Crippen LogP) is 2.79. The molecule has 5 nitrogen and oxygen atoms in total. The van der Waals surface area contributed by atoms with Crippen LogP contribution in [0.1, 0.15) is 59.3 Å². The van der Waals surface area contributed by atoms with Gasteiger partial charge in [-0.1, -0.05) is 0 Å². The molecule has 128 valence electrons. The molecule has 2 saturated heterocycles. The van der Waals surface area contributed by atoms with Crippen LogP contribution in [0.25, 0.3) is 0 Å². The minimum absolute atomic E-state index is 0.0993. The van der Waals surface area contributed by atoms with Gasteiger partial charge in [0, 0.05) is 32.5 Å². The summed E-state index contributed by atoms with van der Waals surface area (Å²) in [7, 11) is 0. The maximum atomic E-state index is 12.3. The minimum Gasteiger partial charge on any atom is -0.444 e. The Hall–Kier alpha value is -1.70. The van der Waals surface area contributed by atoms with E-state index in [4.69, 9.17) is 11.2 Å². The van der Waals surface area contributed by atoms with E-state index in [2.05, 4.69) is 5.92 Å². The lowest BCUT2D eigenvalue weighted by molar-refractivity contribution is -0.136. The quantitative estimate of drug-likeness (QED) is 0.593. The number of carbonyl (C=O) groups is 2. The van der Waals surface area contributed by atoms with Crippen LogP contribution in [0, 0.1) is 12.3 Å². The van der Waals surface area contributed by atoms with Crippen molar-refractivity contribution < 1.29 is 14.3 Å². The van der Waals surface area contributed by atoms with Crippen molar-refractivity contribution >= 4 is 12.0 Å². The van der Waals surface area contributed by atoms with Gasteiger partial charge in [-0.15, -0.1) is 12.3 Å². The van der Waals surface area contributed by atoms with E-state index in [9.17, 15) is 9.59 Å². The van der Waals surface area contributed by atoms with Gasteiger partial charge in [0.1, 0.15) is 5.60 Å². The maximum absolute atomic E-state index is 12.3. The van der Waals surface area contributed by atoms with Crippen molar-refractivity contribution in [1.29, 1.82) is 0 Å². The van der Waals surface area contributed by atoms with E-state index >= 15 is 0 Å². The van der Waals surface area contributed by atoms with E-state index in [0.29, 0.717) is 25.9 Å². The molecule has 2 rings (SSSR count). The van der Waals surface area contributed by atoms with Crippen LogP contribution in [-0.4, -0.2) is 52.6 Å². The van der Waals surface area contributed by atoms with Crippen molar-refractivity contribution in [2.75, 3.05) is 19.6 Å². The number of piperidine rings is 1. The molecule has 0 aliphatic carbocycles. The molecule has 0 bridgehead atoms. The van der Waals surface area contributed by atoms with Gasteiger partial charge in [0.15, 0.2) is 0 Å². The van der Waals surface area contributed by atoms with Gasteiger partial charge in [-0.3, -0.25) is 4.79 Å². The molecule has 2 aliphatic rings. The number of amides is 2. The predicted molar refractivity (Wildman–Crippen MR) is 88.8 cm³/mol. The SMILES string of the molecule is C#CCCCC(=O)N1CCC2(CC1)CCN2C(=O)OC(C)(C)C. The van der Waals surface area contributed by atoms with E-state index in [1.54, 1.807) is 0 Å². The highest BCUT2D eigenvalue weighted by molar-refractivity contribution is 5.76. The zero-order valence-electron chi connectivity index (χ0n) is 14.6. The van der Waals surface area contributed by atoms with Crippen molar-refractivity contribution in [1.82, 2.24) is 9.80 Å². The first-order valence-electron chi connectivity index (χ1n) is 8.49. The molecule has 2 amide bonds. The summed E-state index contributed by atoms with van der Waals surface area (Å²) in [4.78, 5) is 28.2. The Morgan fingerprint density at radius 1 is 1.17 bits per heavy atom. The third-order valence-electron chi connectivity index (χ3n) is 4.75. The van der Waals surface area contributed by atoms with E-state index in [1.165, 1.54) is 0 Å². The highest BCUT2D eigenvalue weighted by Crippen LogP contribution is 2.40. The monoisotopic (exact) mass is 320 g/mol. The minimum atomic E-state index is -0.471. The topological polar surface area (TPSA) is 49.9 Å². The molecule has 2 heterocycles. The van der Waals surface area contributed by atoms with Gasteiger partial charge in [-0.25, -0.2) is 4.79 Å². The van der Waals surface area contributed by atoms with Crippen molar-refractivity contribution in [2.45, 2.75) is 70.4 Å². The maximum Gasteiger partial charge on any atom is 0.410 e. The standard InChI is InChI=1S/C18H28N2O3/c1-5-6-7-8-15(21)19-12-9-18(10-13-19)11-14-20(18)16(22)23-17(2,3)4/h1H,6-14H2,2-4H3. The first kappa shape index (κ1) is 17.7. The van der Waals surface area contributed by atoms with Crippen molar-refractivity contribution in [2.24, 2.45) is 0 Å². The van der Waals surface area contributed by atoms with E-state index in [0.717, 1.165) is 32.2 Å². The highest BCUT2D eigenvalue weighted by Gasteiger charge is 2.50. The summed E-state index contributed by atoms with van der Waals surface area (Å²) in [6.45, 7) is 7.84. The third-order valence-corrected chi connectivity index (χ3v) is 4.75. The summed E-state index contributed by atoms with van der Waals surface area (Å²) < 4.78 is 5.50. The van der Waals surface area contributed by atoms with Crippen molar-refractivity contribution in [3.8, 4) is 12.3 Å². The van der Waals surface area contributed by atoms with Crippen molar-refractivity contribution in [3.05, 3.63) is 0 Å². The first-order valence-corrected chi connectivity index (χ1v) is 8.49. The number of unbranched alkanes of at least 4 members (excludes halogenated alkanes) is 1. The number of carbonyl (C=O) groups excluding carboxylic acids is 2. The Morgan fingerprint density at radius 3 is 2.26 bits per heavy atom. The number of terminal acetylenes is 1. The van der Waals surface area contributed by atoms with Crippen LogP contribution in [0.5, 0.6) is 0 Å². The van der Waals surface area contributed by atoms with E-state index in [-0.39, 0.29) is 17.5 Å². The van der Waals surface area contributed by atoms with Gasteiger partial charge in [-0.05, 0) is 46.5 Å². The molecule has 0 aromatic heterocycles. The molecule has 0 unspecified atom stereocenters. The molecule has 0 aromatic rings. The Bertz CT molecular complexity index is 493. The van der Waals surface area contributed by atoms with Gasteiger partial charge in [0.05, 0.1) is 5.54 Å². The molecule has 23 heavy (non-hydrogen) atoms. The van der Waals surface area contributed by atoms with Gasteiger partial charge in [-0.2, -0.15) is 0 Å². The fourth-order valence-electron chi connectivity index (χ4n) is 3.33. The lowest BCUT2D eigenvalue weighted by Crippen LogP contribution is -2.66. The summed E-state index contributed by atoms with van der Waals surface area (Å²) in [6.07, 6.45) is 9.60. The number of nitrogens with zero attached hydrogens (tertiary/aromatic N) is 2. The molecular formula is C18H28N2O3. The zero-order chi connectivity index (χ0) is 17.1. The summed E-state index contributed by atoms with van der Waals surface area (Å²) in [5.41, 5.74) is -0.570. The Labute approximate surface area is 139 Å². The van der Waals surface area contributed by atoms with E-state index in [1.807, 2.05) is 30.6 Å². The smallest absolute Gasteiger partial charge is 0.410 e. The molecule has 0 N–H and O–H groups in total. The average Bonchev–Trinajstić information content (AvgIpc) is 2.44. The van der Waals surface area contributed by atoms with Crippen LogP contribution in [0.4, 0.5) is 4.79 Å². The summed E-state index contributed by atoms with van der Waals surface area (Å²) >= 11 is 0. The Morgan fingerprint density at radius 2 is 1.78 bits per heavy atom. The molecule has 0 radical (unpaired) electrons. The lowest BCUT2D eigenvalue weighted by atomic mass is 9.76. The Kier molecular flexibility index (Phi) is 5.23. The van der Waals surface area contributed by atoms with Crippen LogP contribution < -0.4 is 0 Å². The van der Waals surface area contributed by atoms with Crippen LogP contribution >= 0.6 is 0 Å². The molecule has 0 aromatic carbocycles. The molecule has 1 spiro atoms. The molecular weight excluding hydrogens is 292 g/mol. The Balaban J connectivity index is 1.85. The lowest BCUT2D eigenvalue weighted by Gasteiger charge is -2.56. The third kappa shape index (κ3) is 4.19.